The molecule has 0 spiro atoms. The first-order valence-corrected chi connectivity index (χ1v) is 8.30. The highest BCUT2D eigenvalue weighted by Crippen LogP contribution is 2.29. The van der Waals surface area contributed by atoms with Crippen molar-refractivity contribution < 1.29 is 4.39 Å². The largest absolute Gasteiger partial charge is 0.313 e. The number of hydrogen-bond acceptors (Lipinski definition) is 2. The summed E-state index contributed by atoms with van der Waals surface area (Å²) in [6, 6.07) is 7.22. The summed E-state index contributed by atoms with van der Waals surface area (Å²) in [6.07, 6.45) is 5.50. The van der Waals surface area contributed by atoms with Gasteiger partial charge in [0, 0.05) is 17.3 Å². The fourth-order valence-electron chi connectivity index (χ4n) is 2.27. The predicted octanol–water partition coefficient (Wildman–Crippen LogP) is 4.27. The Labute approximate surface area is 121 Å². The van der Waals surface area contributed by atoms with Gasteiger partial charge in [-0.1, -0.05) is 26.0 Å². The zero-order valence-corrected chi connectivity index (χ0v) is 13.3. The third-order valence-electron chi connectivity index (χ3n) is 3.95. The average Bonchev–Trinajstić information content (AvgIpc) is 2.44. The second-order valence-corrected chi connectivity index (χ2v) is 6.48. The lowest BCUT2D eigenvalue weighted by Gasteiger charge is -2.31. The molecule has 0 saturated heterocycles. The predicted molar refractivity (Wildman–Crippen MR) is 84.4 cm³/mol. The molecule has 1 aromatic carbocycles. The molecule has 0 saturated carbocycles. The van der Waals surface area contributed by atoms with Crippen molar-refractivity contribution in [2.24, 2.45) is 0 Å². The van der Waals surface area contributed by atoms with Gasteiger partial charge in [0.15, 0.2) is 0 Å². The lowest BCUT2D eigenvalue weighted by molar-refractivity contribution is 0.451. The van der Waals surface area contributed by atoms with Crippen LogP contribution in [0.2, 0.25) is 0 Å². The van der Waals surface area contributed by atoms with Crippen molar-refractivity contribution in [3.05, 3.63) is 35.6 Å². The maximum absolute atomic E-state index is 12.8. The van der Waals surface area contributed by atoms with E-state index in [9.17, 15) is 4.39 Å². The number of halogens is 1. The lowest BCUT2D eigenvalue weighted by atomic mass is 10.0. The van der Waals surface area contributed by atoms with Crippen molar-refractivity contribution >= 4 is 11.8 Å². The van der Waals surface area contributed by atoms with E-state index in [1.165, 1.54) is 30.5 Å². The molecule has 0 bridgehead atoms. The molecule has 0 aromatic heterocycles. The first kappa shape index (κ1) is 16.5. The molecule has 0 aliphatic carbocycles. The van der Waals surface area contributed by atoms with E-state index in [1.807, 2.05) is 23.9 Å². The molecule has 1 N–H and O–H groups in total. The summed E-state index contributed by atoms with van der Waals surface area (Å²) in [7, 11) is 0. The first-order valence-electron chi connectivity index (χ1n) is 7.08. The van der Waals surface area contributed by atoms with E-state index in [0.29, 0.717) is 10.8 Å². The van der Waals surface area contributed by atoms with Crippen LogP contribution in [-0.2, 0) is 6.42 Å². The molecule has 0 fully saturated rings. The minimum absolute atomic E-state index is 0.164. The van der Waals surface area contributed by atoms with Crippen LogP contribution in [-0.4, -0.2) is 23.6 Å². The number of benzene rings is 1. The van der Waals surface area contributed by atoms with Gasteiger partial charge in [-0.15, -0.1) is 0 Å². The second-order valence-electron chi connectivity index (χ2n) is 5.21. The number of nitrogens with one attached hydrogen (secondary N) is 1. The Morgan fingerprint density at radius 3 is 2.26 bits per heavy atom. The van der Waals surface area contributed by atoms with Crippen molar-refractivity contribution in [1.29, 1.82) is 0 Å². The molecule has 1 nitrogen and oxygen atoms in total. The van der Waals surface area contributed by atoms with Crippen molar-refractivity contribution in [2.75, 3.05) is 12.8 Å². The maximum Gasteiger partial charge on any atom is 0.123 e. The van der Waals surface area contributed by atoms with Crippen LogP contribution in [0.3, 0.4) is 0 Å². The zero-order valence-electron chi connectivity index (χ0n) is 12.5. The van der Waals surface area contributed by atoms with Gasteiger partial charge in [-0.05, 0) is 50.1 Å². The van der Waals surface area contributed by atoms with E-state index in [-0.39, 0.29) is 5.82 Å². The summed E-state index contributed by atoms with van der Waals surface area (Å²) in [4.78, 5) is 0. The zero-order chi connectivity index (χ0) is 14.3. The summed E-state index contributed by atoms with van der Waals surface area (Å²) < 4.78 is 13.2. The lowest BCUT2D eigenvalue weighted by Crippen LogP contribution is -2.41. The number of thioether (sulfide) groups is 1. The minimum atomic E-state index is -0.164. The molecule has 0 aliphatic heterocycles. The molecule has 1 unspecified atom stereocenters. The average molecular weight is 283 g/mol. The van der Waals surface area contributed by atoms with Crippen LogP contribution in [0.4, 0.5) is 4.39 Å². The summed E-state index contributed by atoms with van der Waals surface area (Å²) in [5, 5.41) is 3.62. The van der Waals surface area contributed by atoms with Crippen LogP contribution in [0.5, 0.6) is 0 Å². The Morgan fingerprint density at radius 2 is 1.79 bits per heavy atom. The molecule has 0 amide bonds. The molecule has 1 atom stereocenters. The van der Waals surface area contributed by atoms with Gasteiger partial charge < -0.3 is 5.32 Å². The molecule has 0 radical (unpaired) electrons. The van der Waals surface area contributed by atoms with E-state index in [4.69, 9.17) is 0 Å². The van der Waals surface area contributed by atoms with Gasteiger partial charge in [-0.25, -0.2) is 4.39 Å². The topological polar surface area (TPSA) is 12.0 Å². The molecular weight excluding hydrogens is 257 g/mol. The quantitative estimate of drug-likeness (QED) is 0.764. The highest BCUT2D eigenvalue weighted by Gasteiger charge is 2.24. The van der Waals surface area contributed by atoms with E-state index in [0.717, 1.165) is 13.0 Å². The van der Waals surface area contributed by atoms with Gasteiger partial charge in [0.1, 0.15) is 5.82 Å². The second kappa shape index (κ2) is 7.91. The highest BCUT2D eigenvalue weighted by atomic mass is 32.2. The Bertz CT molecular complexity index is 351. The first-order chi connectivity index (χ1) is 9.05. The van der Waals surface area contributed by atoms with Crippen molar-refractivity contribution in [3.63, 3.8) is 0 Å². The van der Waals surface area contributed by atoms with Crippen LogP contribution >= 0.6 is 11.8 Å². The minimum Gasteiger partial charge on any atom is -0.313 e. The Kier molecular flexibility index (Phi) is 6.87. The van der Waals surface area contributed by atoms with E-state index in [2.05, 4.69) is 32.3 Å². The molecular formula is C16H26FNS. The number of hydrogen-bond donors (Lipinski definition) is 1. The van der Waals surface area contributed by atoms with Crippen LogP contribution in [0, 0.1) is 5.82 Å². The maximum atomic E-state index is 12.8. The van der Waals surface area contributed by atoms with Crippen LogP contribution in [0.1, 0.15) is 39.2 Å². The molecule has 1 aromatic rings. The molecule has 3 heteroatoms. The van der Waals surface area contributed by atoms with Gasteiger partial charge in [0.05, 0.1) is 0 Å². The summed E-state index contributed by atoms with van der Waals surface area (Å²) >= 11 is 1.96. The van der Waals surface area contributed by atoms with Crippen LogP contribution < -0.4 is 5.32 Å². The van der Waals surface area contributed by atoms with E-state index >= 15 is 0 Å². The van der Waals surface area contributed by atoms with Gasteiger partial charge in [0.2, 0.25) is 0 Å². The SMILES string of the molecule is CCC(CC)(CNC(C)Cc1ccc(F)cc1)SC. The van der Waals surface area contributed by atoms with Gasteiger partial charge in [-0.2, -0.15) is 11.8 Å². The fraction of sp³-hybridized carbons (Fsp3) is 0.625. The molecule has 108 valence electrons. The van der Waals surface area contributed by atoms with Crippen LogP contribution in [0.25, 0.3) is 0 Å². The summed E-state index contributed by atoms with van der Waals surface area (Å²) in [6.45, 7) is 7.74. The molecule has 1 rings (SSSR count). The Hall–Kier alpha value is -0.540. The van der Waals surface area contributed by atoms with Crippen molar-refractivity contribution in [1.82, 2.24) is 5.32 Å². The standard InChI is InChI=1S/C16H26FNS/c1-5-16(6-2,19-4)12-18-13(3)11-14-7-9-15(17)10-8-14/h7-10,13,18H,5-6,11-12H2,1-4H3. The summed E-state index contributed by atoms with van der Waals surface area (Å²) in [5.41, 5.74) is 1.18. The normalized spacial score (nSPS) is 13.5. The van der Waals surface area contributed by atoms with E-state index < -0.39 is 0 Å². The summed E-state index contributed by atoms with van der Waals surface area (Å²) in [5.74, 6) is -0.164. The third-order valence-corrected chi connectivity index (χ3v) is 5.54. The third kappa shape index (κ3) is 5.15. The van der Waals surface area contributed by atoms with Crippen molar-refractivity contribution in [3.8, 4) is 0 Å². The Balaban J connectivity index is 2.47. The van der Waals surface area contributed by atoms with E-state index in [1.54, 1.807) is 0 Å². The fourth-order valence-corrected chi connectivity index (χ4v) is 3.07. The molecule has 0 aliphatic rings. The monoisotopic (exact) mass is 283 g/mol. The Morgan fingerprint density at radius 1 is 1.21 bits per heavy atom. The smallest absolute Gasteiger partial charge is 0.123 e. The highest BCUT2D eigenvalue weighted by molar-refractivity contribution is 8.00. The van der Waals surface area contributed by atoms with Crippen LogP contribution in [0.15, 0.2) is 24.3 Å². The molecule has 19 heavy (non-hydrogen) atoms. The van der Waals surface area contributed by atoms with Gasteiger partial charge in [-0.3, -0.25) is 0 Å². The molecule has 0 heterocycles. The number of rotatable bonds is 8. The van der Waals surface area contributed by atoms with Crippen molar-refractivity contribution in [2.45, 2.75) is 50.8 Å². The van der Waals surface area contributed by atoms with Gasteiger partial charge >= 0.3 is 0 Å². The van der Waals surface area contributed by atoms with Gasteiger partial charge in [0.25, 0.3) is 0 Å².